The summed E-state index contributed by atoms with van der Waals surface area (Å²) in [4.78, 5) is 21.9. The molecule has 0 saturated heterocycles. The number of carbonyl (C=O) groups excluding carboxylic acids is 1. The van der Waals surface area contributed by atoms with E-state index in [1.165, 1.54) is 6.08 Å². The van der Waals surface area contributed by atoms with Crippen LogP contribution >= 0.6 is 0 Å². The summed E-state index contributed by atoms with van der Waals surface area (Å²) in [6.07, 6.45) is 5.08. The maximum atomic E-state index is 11.1. The van der Waals surface area contributed by atoms with Crippen LogP contribution in [0.15, 0.2) is 36.9 Å². The van der Waals surface area contributed by atoms with Gasteiger partial charge in [-0.25, -0.2) is 0 Å². The summed E-state index contributed by atoms with van der Waals surface area (Å²) >= 11 is 0. The average molecular weight is 304 g/mol. The number of hydrogen-bond donors (Lipinski definition) is 1. The Kier molecular flexibility index (Phi) is 5.75. The van der Waals surface area contributed by atoms with E-state index in [0.717, 1.165) is 24.2 Å². The van der Waals surface area contributed by atoms with Crippen molar-refractivity contribution in [2.24, 2.45) is 0 Å². The van der Waals surface area contributed by atoms with Crippen LogP contribution in [0, 0.1) is 0 Å². The number of ketones is 1. The van der Waals surface area contributed by atoms with Gasteiger partial charge in [0.2, 0.25) is 0 Å². The molecule has 2 rings (SSSR count). The first kappa shape index (κ1) is 16.7. The average Bonchev–Trinajstić information content (AvgIpc) is 2.85. The van der Waals surface area contributed by atoms with Gasteiger partial charge in [0.25, 0.3) is 0 Å². The van der Waals surface area contributed by atoms with E-state index in [1.807, 2.05) is 31.2 Å². The van der Waals surface area contributed by atoms with Crippen LogP contribution in [-0.2, 0) is 15.3 Å². The van der Waals surface area contributed by atoms with Crippen molar-refractivity contribution in [1.29, 1.82) is 0 Å². The SMILES string of the molecule is C=CC(=O)CCCC(O)CCCC1(C)OOc2ccccc21. The molecule has 4 heteroatoms. The molecule has 1 heterocycles. The number of aliphatic hydroxyl groups excluding tert-OH is 1. The Labute approximate surface area is 131 Å². The van der Waals surface area contributed by atoms with E-state index < -0.39 is 5.60 Å². The smallest absolute Gasteiger partial charge is 0.171 e. The van der Waals surface area contributed by atoms with Gasteiger partial charge in [0.05, 0.1) is 6.10 Å². The topological polar surface area (TPSA) is 55.8 Å². The standard InChI is InChI=1S/C18H24O4/c1-3-14(19)8-6-9-15(20)10-7-13-18(2)16-11-4-5-12-17(16)21-22-18/h3-5,11-12,15,20H,1,6-10,13H2,2H3. The van der Waals surface area contributed by atoms with Crippen molar-refractivity contribution in [2.75, 3.05) is 0 Å². The normalized spacial score (nSPS) is 21.0. The Morgan fingerprint density at radius 1 is 1.36 bits per heavy atom. The van der Waals surface area contributed by atoms with Gasteiger partial charge in [-0.2, -0.15) is 4.89 Å². The van der Waals surface area contributed by atoms with Gasteiger partial charge in [-0.05, 0) is 51.2 Å². The number of para-hydroxylation sites is 1. The second-order valence-electron chi connectivity index (χ2n) is 6.00. The summed E-state index contributed by atoms with van der Waals surface area (Å²) in [5, 5.41) is 9.98. The van der Waals surface area contributed by atoms with Crippen LogP contribution in [0.1, 0.15) is 51.0 Å². The summed E-state index contributed by atoms with van der Waals surface area (Å²) in [5.74, 6) is 0.807. The maximum absolute atomic E-state index is 11.1. The Morgan fingerprint density at radius 3 is 2.86 bits per heavy atom. The first-order valence-electron chi connectivity index (χ1n) is 7.84. The van der Waals surface area contributed by atoms with Crippen molar-refractivity contribution in [3.05, 3.63) is 42.5 Å². The third-order valence-corrected chi connectivity index (χ3v) is 4.15. The predicted octanol–water partition coefficient (Wildman–Crippen LogP) is 3.68. The Morgan fingerprint density at radius 2 is 2.09 bits per heavy atom. The van der Waals surface area contributed by atoms with E-state index >= 15 is 0 Å². The van der Waals surface area contributed by atoms with Crippen LogP contribution in [0.5, 0.6) is 5.75 Å². The molecule has 0 amide bonds. The van der Waals surface area contributed by atoms with E-state index in [1.54, 1.807) is 0 Å². The first-order chi connectivity index (χ1) is 10.5. The third-order valence-electron chi connectivity index (χ3n) is 4.15. The minimum atomic E-state index is -0.449. The number of rotatable bonds is 9. The molecule has 1 aromatic rings. The number of allylic oxidation sites excluding steroid dienone is 1. The second kappa shape index (κ2) is 7.56. The molecule has 4 nitrogen and oxygen atoms in total. The molecular formula is C18H24O4. The summed E-state index contributed by atoms with van der Waals surface area (Å²) in [6.45, 7) is 5.45. The molecule has 120 valence electrons. The van der Waals surface area contributed by atoms with E-state index in [9.17, 15) is 9.90 Å². The lowest BCUT2D eigenvalue weighted by atomic mass is 9.89. The predicted molar refractivity (Wildman–Crippen MR) is 84.4 cm³/mol. The number of aliphatic hydroxyl groups is 1. The Balaban J connectivity index is 1.72. The maximum Gasteiger partial charge on any atom is 0.171 e. The van der Waals surface area contributed by atoms with E-state index in [4.69, 9.17) is 9.78 Å². The second-order valence-corrected chi connectivity index (χ2v) is 6.00. The minimum Gasteiger partial charge on any atom is -0.393 e. The molecule has 1 N–H and O–H groups in total. The van der Waals surface area contributed by atoms with Crippen molar-refractivity contribution in [2.45, 2.75) is 57.2 Å². The molecule has 0 aromatic heterocycles. The van der Waals surface area contributed by atoms with Gasteiger partial charge < -0.3 is 9.99 Å². The molecule has 2 unspecified atom stereocenters. The van der Waals surface area contributed by atoms with Crippen molar-refractivity contribution in [3.8, 4) is 5.75 Å². The van der Waals surface area contributed by atoms with Crippen molar-refractivity contribution in [1.82, 2.24) is 0 Å². The highest BCUT2D eigenvalue weighted by Gasteiger charge is 2.38. The molecular weight excluding hydrogens is 280 g/mol. The van der Waals surface area contributed by atoms with Crippen molar-refractivity contribution < 1.29 is 19.7 Å². The Bertz CT molecular complexity index is 526. The zero-order valence-corrected chi connectivity index (χ0v) is 13.1. The highest BCUT2D eigenvalue weighted by atomic mass is 17.2. The number of hydrogen-bond acceptors (Lipinski definition) is 4. The molecule has 1 aliphatic heterocycles. The quantitative estimate of drug-likeness (QED) is 0.558. The fourth-order valence-electron chi connectivity index (χ4n) is 2.77. The molecule has 0 bridgehead atoms. The van der Waals surface area contributed by atoms with Gasteiger partial charge in [-0.3, -0.25) is 4.79 Å². The zero-order valence-electron chi connectivity index (χ0n) is 13.1. The molecule has 1 aromatic carbocycles. The number of benzene rings is 1. The van der Waals surface area contributed by atoms with Crippen molar-refractivity contribution in [3.63, 3.8) is 0 Å². The highest BCUT2D eigenvalue weighted by molar-refractivity contribution is 5.88. The molecule has 0 aliphatic carbocycles. The highest BCUT2D eigenvalue weighted by Crippen LogP contribution is 2.42. The van der Waals surface area contributed by atoms with E-state index in [2.05, 4.69) is 6.58 Å². The van der Waals surface area contributed by atoms with E-state index in [0.29, 0.717) is 25.7 Å². The Hall–Kier alpha value is -1.65. The summed E-state index contributed by atoms with van der Waals surface area (Å²) in [6, 6.07) is 7.80. The fourth-order valence-corrected chi connectivity index (χ4v) is 2.77. The molecule has 2 atom stereocenters. The van der Waals surface area contributed by atoms with Gasteiger partial charge in [-0.15, -0.1) is 0 Å². The van der Waals surface area contributed by atoms with Crippen LogP contribution in [0.4, 0.5) is 0 Å². The largest absolute Gasteiger partial charge is 0.393 e. The van der Waals surface area contributed by atoms with Crippen LogP contribution in [-0.4, -0.2) is 17.0 Å². The molecule has 0 saturated carbocycles. The number of carbonyl (C=O) groups is 1. The van der Waals surface area contributed by atoms with Crippen LogP contribution in [0.2, 0.25) is 0 Å². The molecule has 0 spiro atoms. The molecule has 0 radical (unpaired) electrons. The minimum absolute atomic E-state index is 0.0350. The van der Waals surface area contributed by atoms with Crippen LogP contribution in [0.25, 0.3) is 0 Å². The van der Waals surface area contributed by atoms with Gasteiger partial charge in [0.15, 0.2) is 11.5 Å². The molecule has 22 heavy (non-hydrogen) atoms. The van der Waals surface area contributed by atoms with Crippen LogP contribution in [0.3, 0.4) is 0 Å². The third kappa shape index (κ3) is 4.18. The monoisotopic (exact) mass is 304 g/mol. The zero-order chi connectivity index (χ0) is 16.0. The van der Waals surface area contributed by atoms with Gasteiger partial charge >= 0.3 is 0 Å². The van der Waals surface area contributed by atoms with Gasteiger partial charge in [-0.1, -0.05) is 24.8 Å². The fraction of sp³-hybridized carbons (Fsp3) is 0.500. The lowest BCUT2D eigenvalue weighted by Crippen LogP contribution is -2.22. The van der Waals surface area contributed by atoms with Crippen molar-refractivity contribution >= 4 is 5.78 Å². The van der Waals surface area contributed by atoms with E-state index in [-0.39, 0.29) is 11.9 Å². The lowest BCUT2D eigenvalue weighted by molar-refractivity contribution is -0.269. The molecule has 0 fully saturated rings. The summed E-state index contributed by atoms with van der Waals surface area (Å²) in [5.41, 5.74) is 0.607. The van der Waals surface area contributed by atoms with Gasteiger partial charge in [0.1, 0.15) is 5.60 Å². The summed E-state index contributed by atoms with van der Waals surface area (Å²) < 4.78 is 0. The first-order valence-corrected chi connectivity index (χ1v) is 7.84. The molecule has 1 aliphatic rings. The van der Waals surface area contributed by atoms with Crippen LogP contribution < -0.4 is 4.89 Å². The lowest BCUT2D eigenvalue weighted by Gasteiger charge is -2.21. The van der Waals surface area contributed by atoms with Gasteiger partial charge in [0, 0.05) is 12.0 Å². The number of fused-ring (bicyclic) bond motifs is 1. The summed E-state index contributed by atoms with van der Waals surface area (Å²) in [7, 11) is 0.